The molecule has 0 aliphatic heterocycles. The van der Waals surface area contributed by atoms with E-state index in [9.17, 15) is 8.42 Å². The first-order chi connectivity index (χ1) is 14.4. The molecule has 4 aliphatic carbocycles. The summed E-state index contributed by atoms with van der Waals surface area (Å²) >= 11 is 0. The minimum atomic E-state index is -3.67. The molecule has 4 fully saturated rings. The number of benzene rings is 1. The summed E-state index contributed by atoms with van der Waals surface area (Å²) in [6.45, 7) is 2.43. The van der Waals surface area contributed by atoms with Crippen LogP contribution < -0.4 is 14.8 Å². The second-order valence-corrected chi connectivity index (χ2v) is 10.9. The van der Waals surface area contributed by atoms with E-state index in [0.29, 0.717) is 18.0 Å². The van der Waals surface area contributed by atoms with Gasteiger partial charge in [0.1, 0.15) is 11.6 Å². The molecular formula is C23H29N3O3S. The van der Waals surface area contributed by atoms with Crippen LogP contribution in [0.1, 0.15) is 45.4 Å². The molecule has 0 unspecified atom stereocenters. The molecule has 4 bridgehead atoms. The molecular weight excluding hydrogens is 398 g/mol. The van der Waals surface area contributed by atoms with E-state index in [1.165, 1.54) is 38.5 Å². The van der Waals surface area contributed by atoms with Crippen molar-refractivity contribution in [3.8, 4) is 5.75 Å². The lowest BCUT2D eigenvalue weighted by molar-refractivity contribution is 0.0105. The first-order valence-corrected chi connectivity index (χ1v) is 12.4. The molecule has 0 radical (unpaired) electrons. The van der Waals surface area contributed by atoms with E-state index >= 15 is 0 Å². The van der Waals surface area contributed by atoms with Crippen LogP contribution in [0.2, 0.25) is 0 Å². The van der Waals surface area contributed by atoms with Crippen molar-refractivity contribution in [2.45, 2.75) is 55.9 Å². The van der Waals surface area contributed by atoms with Gasteiger partial charge >= 0.3 is 0 Å². The van der Waals surface area contributed by atoms with Gasteiger partial charge in [0.05, 0.1) is 23.4 Å². The van der Waals surface area contributed by atoms with Crippen molar-refractivity contribution >= 4 is 21.5 Å². The first kappa shape index (κ1) is 19.7. The van der Waals surface area contributed by atoms with Crippen LogP contribution in [0, 0.1) is 17.8 Å². The number of aromatic nitrogens is 1. The Bertz CT molecular complexity index is 968. The van der Waals surface area contributed by atoms with Crippen LogP contribution in [0.15, 0.2) is 47.5 Å². The van der Waals surface area contributed by atoms with Crippen LogP contribution in [0.3, 0.4) is 0 Å². The summed E-state index contributed by atoms with van der Waals surface area (Å²) in [5.74, 6) is 4.08. The molecule has 7 heteroatoms. The van der Waals surface area contributed by atoms with Crippen LogP contribution in [0.25, 0.3) is 0 Å². The predicted molar refractivity (Wildman–Crippen MR) is 117 cm³/mol. The fourth-order valence-electron chi connectivity index (χ4n) is 6.16. The third-order valence-electron chi connectivity index (χ3n) is 6.89. The monoisotopic (exact) mass is 427 g/mol. The maximum atomic E-state index is 12.7. The lowest BCUT2D eigenvalue weighted by Crippen LogP contribution is -2.54. The molecule has 0 spiro atoms. The quantitative estimate of drug-likeness (QED) is 0.672. The minimum absolute atomic E-state index is 0.186. The van der Waals surface area contributed by atoms with Gasteiger partial charge in [0.25, 0.3) is 10.0 Å². The summed E-state index contributed by atoms with van der Waals surface area (Å²) in [6, 6.07) is 10.1. The number of hydrogen-bond donors (Lipinski definition) is 2. The van der Waals surface area contributed by atoms with Crippen LogP contribution in [-0.2, 0) is 10.0 Å². The molecule has 0 amide bonds. The number of ether oxygens (including phenoxy) is 1. The summed E-state index contributed by atoms with van der Waals surface area (Å²) in [5, 5.41) is 3.72. The van der Waals surface area contributed by atoms with Gasteiger partial charge in [0.15, 0.2) is 0 Å². The summed E-state index contributed by atoms with van der Waals surface area (Å²) in [5.41, 5.74) is 0.644. The maximum absolute atomic E-state index is 12.7. The van der Waals surface area contributed by atoms with Crippen LogP contribution >= 0.6 is 0 Å². The molecule has 30 heavy (non-hydrogen) atoms. The highest BCUT2D eigenvalue weighted by atomic mass is 32.2. The van der Waals surface area contributed by atoms with Crippen molar-refractivity contribution in [1.82, 2.24) is 4.98 Å². The molecule has 160 valence electrons. The summed E-state index contributed by atoms with van der Waals surface area (Å²) in [6.07, 6.45) is 9.53. The van der Waals surface area contributed by atoms with Gasteiger partial charge in [-0.2, -0.15) is 0 Å². The van der Waals surface area contributed by atoms with E-state index in [2.05, 4.69) is 15.0 Å². The Balaban J connectivity index is 1.26. The molecule has 6 rings (SSSR count). The number of anilines is 2. The number of rotatable bonds is 7. The van der Waals surface area contributed by atoms with Gasteiger partial charge in [0.2, 0.25) is 0 Å². The highest BCUT2D eigenvalue weighted by Crippen LogP contribution is 2.56. The topological polar surface area (TPSA) is 80.3 Å². The van der Waals surface area contributed by atoms with Gasteiger partial charge in [-0.15, -0.1) is 0 Å². The van der Waals surface area contributed by atoms with E-state index < -0.39 is 10.0 Å². The lowest BCUT2D eigenvalue weighted by Gasteiger charge is -2.57. The Morgan fingerprint density at radius 1 is 1.00 bits per heavy atom. The summed E-state index contributed by atoms with van der Waals surface area (Å²) in [4.78, 5) is 4.71. The van der Waals surface area contributed by atoms with Crippen molar-refractivity contribution in [2.24, 2.45) is 17.8 Å². The standard InChI is InChI=1S/C23H29N3O3S/c1-2-29-20-4-6-21(7-5-20)30(27,28)26-19-3-8-22(24-15-19)25-23-12-16-9-17(13-23)11-18(10-16)14-23/h3-8,15-18,26H,2,9-14H2,1H3,(H,24,25). The number of sulfonamides is 1. The van der Waals surface area contributed by atoms with Crippen molar-refractivity contribution in [2.75, 3.05) is 16.6 Å². The third kappa shape index (κ3) is 3.87. The second kappa shape index (κ2) is 7.45. The Hall–Kier alpha value is -2.28. The molecule has 6 nitrogen and oxygen atoms in total. The van der Waals surface area contributed by atoms with Gasteiger partial charge in [-0.05, 0) is 99.6 Å². The lowest BCUT2D eigenvalue weighted by atomic mass is 9.53. The molecule has 2 N–H and O–H groups in total. The number of nitrogens with one attached hydrogen (secondary N) is 2. The van der Waals surface area contributed by atoms with E-state index in [0.717, 1.165) is 23.6 Å². The second-order valence-electron chi connectivity index (χ2n) is 9.26. The highest BCUT2D eigenvalue weighted by Gasteiger charge is 2.51. The largest absolute Gasteiger partial charge is 0.494 e. The van der Waals surface area contributed by atoms with Gasteiger partial charge in [-0.25, -0.2) is 13.4 Å². The Morgan fingerprint density at radius 2 is 1.63 bits per heavy atom. The van der Waals surface area contributed by atoms with E-state index in [-0.39, 0.29) is 10.4 Å². The smallest absolute Gasteiger partial charge is 0.261 e. The van der Waals surface area contributed by atoms with Gasteiger partial charge in [-0.1, -0.05) is 0 Å². The van der Waals surface area contributed by atoms with Crippen molar-refractivity contribution in [3.63, 3.8) is 0 Å². The Labute approximate surface area is 178 Å². The zero-order chi connectivity index (χ0) is 20.8. The molecule has 0 atom stereocenters. The number of pyridine rings is 1. The normalized spacial score (nSPS) is 29.6. The van der Waals surface area contributed by atoms with Crippen LogP contribution in [-0.4, -0.2) is 25.5 Å². The average molecular weight is 428 g/mol. The van der Waals surface area contributed by atoms with Gasteiger partial charge < -0.3 is 10.1 Å². The Morgan fingerprint density at radius 3 is 2.17 bits per heavy atom. The molecule has 1 aromatic carbocycles. The third-order valence-corrected chi connectivity index (χ3v) is 8.29. The molecule has 2 aromatic rings. The van der Waals surface area contributed by atoms with Gasteiger partial charge in [-0.3, -0.25) is 4.72 Å². The number of hydrogen-bond acceptors (Lipinski definition) is 5. The fraction of sp³-hybridized carbons (Fsp3) is 0.522. The fourth-order valence-corrected chi connectivity index (χ4v) is 7.20. The SMILES string of the molecule is CCOc1ccc(S(=O)(=O)Nc2ccc(NC34CC5CC(CC(C5)C3)C4)nc2)cc1. The van der Waals surface area contributed by atoms with E-state index in [4.69, 9.17) is 4.74 Å². The summed E-state index contributed by atoms with van der Waals surface area (Å²) < 4.78 is 33.3. The van der Waals surface area contributed by atoms with Crippen molar-refractivity contribution < 1.29 is 13.2 Å². The van der Waals surface area contributed by atoms with E-state index in [1.807, 2.05) is 13.0 Å². The molecule has 4 aliphatic rings. The van der Waals surface area contributed by atoms with Crippen molar-refractivity contribution in [1.29, 1.82) is 0 Å². The van der Waals surface area contributed by atoms with Crippen molar-refractivity contribution in [3.05, 3.63) is 42.6 Å². The Kier molecular flexibility index (Phi) is 4.88. The maximum Gasteiger partial charge on any atom is 0.261 e. The molecule has 4 saturated carbocycles. The first-order valence-electron chi connectivity index (χ1n) is 10.9. The van der Waals surface area contributed by atoms with Crippen LogP contribution in [0.4, 0.5) is 11.5 Å². The molecule has 1 aromatic heterocycles. The van der Waals surface area contributed by atoms with E-state index in [1.54, 1.807) is 36.5 Å². The number of nitrogens with zero attached hydrogens (tertiary/aromatic N) is 1. The zero-order valence-corrected chi connectivity index (χ0v) is 18.1. The zero-order valence-electron chi connectivity index (χ0n) is 17.3. The van der Waals surface area contributed by atoms with Gasteiger partial charge in [0, 0.05) is 5.54 Å². The predicted octanol–water partition coefficient (Wildman–Crippen LogP) is 4.66. The van der Waals surface area contributed by atoms with Crippen LogP contribution in [0.5, 0.6) is 5.75 Å². The minimum Gasteiger partial charge on any atom is -0.494 e. The average Bonchev–Trinajstić information content (AvgIpc) is 2.69. The molecule has 0 saturated heterocycles. The molecule has 1 heterocycles. The summed E-state index contributed by atoms with van der Waals surface area (Å²) in [7, 11) is -3.67. The highest BCUT2D eigenvalue weighted by molar-refractivity contribution is 7.92.